The van der Waals surface area contributed by atoms with Crippen LogP contribution in [0.1, 0.15) is 16.6 Å². The Kier molecular flexibility index (Phi) is 5.81. The highest BCUT2D eigenvalue weighted by atomic mass is 79.9. The lowest BCUT2D eigenvalue weighted by atomic mass is 10.1. The lowest BCUT2D eigenvalue weighted by Crippen LogP contribution is -2.33. The number of amides is 1. The van der Waals surface area contributed by atoms with E-state index in [9.17, 15) is 20.1 Å². The molecular weight excluding hydrogens is 452 g/mol. The Hall–Kier alpha value is -2.65. The molecule has 4 rings (SSSR count). The van der Waals surface area contributed by atoms with Gasteiger partial charge in [-0.15, -0.1) is 17.0 Å². The number of ether oxygens (including phenoxy) is 1. The second-order valence-electron chi connectivity index (χ2n) is 6.21. The monoisotopic (exact) mass is 470 g/mol. The Balaban J connectivity index is 0.00000240. The first kappa shape index (κ1) is 21.1. The van der Waals surface area contributed by atoms with Crippen LogP contribution >= 0.6 is 17.0 Å². The van der Waals surface area contributed by atoms with E-state index in [1.807, 2.05) is 0 Å². The third kappa shape index (κ3) is 3.44. The fourth-order valence-electron chi connectivity index (χ4n) is 3.02. The molecule has 1 aliphatic rings. The highest BCUT2D eigenvalue weighted by Gasteiger charge is 2.44. The summed E-state index contributed by atoms with van der Waals surface area (Å²) in [5.74, 6) is -0.187. The number of aliphatic hydroxyl groups is 3. The number of halogens is 1. The number of aliphatic hydroxyl groups excluding tert-OH is 3. The number of aromatic nitrogens is 6. The van der Waals surface area contributed by atoms with Crippen LogP contribution in [0.5, 0.6) is 0 Å². The van der Waals surface area contributed by atoms with Crippen LogP contribution in [0.15, 0.2) is 18.7 Å². The lowest BCUT2D eigenvalue weighted by molar-refractivity contribution is -0.0511. The topological polar surface area (TPSA) is 186 Å². The average molecular weight is 471 g/mol. The highest BCUT2D eigenvalue weighted by molar-refractivity contribution is 8.93. The van der Waals surface area contributed by atoms with Gasteiger partial charge in [-0.3, -0.25) is 9.36 Å². The van der Waals surface area contributed by atoms with Crippen LogP contribution in [-0.2, 0) is 4.74 Å². The minimum atomic E-state index is -1.31. The summed E-state index contributed by atoms with van der Waals surface area (Å²) in [5.41, 5.74) is 6.78. The van der Waals surface area contributed by atoms with E-state index in [1.165, 1.54) is 35.0 Å². The maximum atomic E-state index is 11.7. The van der Waals surface area contributed by atoms with Gasteiger partial charge in [0.1, 0.15) is 23.8 Å². The van der Waals surface area contributed by atoms with E-state index in [0.717, 1.165) is 0 Å². The van der Waals surface area contributed by atoms with Gasteiger partial charge in [-0.2, -0.15) is 15.1 Å². The molecule has 1 fully saturated rings. The standard InChI is InChI=1S/C15H18N8O5.BrH/c1-17-13(27)6-2-19-23(3-6)15-20-11(16)8-12(21-15)22(5-18-8)14-10(26)9(25)7(4-24)28-14;/h2-3,5,7,9-10,14,24-26H,4H2,1H3,(H,17,27)(H2,16,20,21);1H/t7-,9-,10-,14-;/m1./s1. The van der Waals surface area contributed by atoms with E-state index in [4.69, 9.17) is 10.5 Å². The van der Waals surface area contributed by atoms with Crippen LogP contribution in [0.25, 0.3) is 17.1 Å². The molecular formula is C15H19BrN8O5. The summed E-state index contributed by atoms with van der Waals surface area (Å²) in [5, 5.41) is 36.1. The molecule has 4 heterocycles. The predicted octanol–water partition coefficient (Wildman–Crippen LogP) is -1.86. The maximum absolute atomic E-state index is 11.7. The highest BCUT2D eigenvalue weighted by Crippen LogP contribution is 2.32. The molecule has 1 amide bonds. The van der Waals surface area contributed by atoms with Crippen LogP contribution in [0.3, 0.4) is 0 Å². The van der Waals surface area contributed by atoms with E-state index < -0.39 is 31.1 Å². The molecule has 0 bridgehead atoms. The number of nitrogens with two attached hydrogens (primary N) is 1. The summed E-state index contributed by atoms with van der Waals surface area (Å²) < 4.78 is 8.18. The Morgan fingerprint density at radius 2 is 2.10 bits per heavy atom. The van der Waals surface area contributed by atoms with Crippen LogP contribution < -0.4 is 11.1 Å². The number of hydrogen-bond acceptors (Lipinski definition) is 10. The van der Waals surface area contributed by atoms with Crippen molar-refractivity contribution in [2.24, 2.45) is 0 Å². The molecule has 0 aromatic carbocycles. The summed E-state index contributed by atoms with van der Waals surface area (Å²) in [6.45, 7) is -0.459. The van der Waals surface area contributed by atoms with Crippen molar-refractivity contribution in [3.63, 3.8) is 0 Å². The summed E-state index contributed by atoms with van der Waals surface area (Å²) in [6, 6.07) is 0. The first-order chi connectivity index (χ1) is 13.4. The van der Waals surface area contributed by atoms with E-state index in [-0.39, 0.29) is 45.8 Å². The first-order valence-corrected chi connectivity index (χ1v) is 8.34. The number of carbonyl (C=O) groups excluding carboxylic acids is 1. The number of nitrogens with one attached hydrogen (secondary N) is 1. The third-order valence-corrected chi connectivity index (χ3v) is 4.50. The van der Waals surface area contributed by atoms with Gasteiger partial charge in [0.25, 0.3) is 11.9 Å². The van der Waals surface area contributed by atoms with Crippen molar-refractivity contribution in [3.05, 3.63) is 24.3 Å². The van der Waals surface area contributed by atoms with Crippen molar-refractivity contribution in [2.75, 3.05) is 19.4 Å². The molecule has 14 heteroatoms. The van der Waals surface area contributed by atoms with Gasteiger partial charge in [-0.05, 0) is 0 Å². The molecule has 0 aliphatic carbocycles. The van der Waals surface area contributed by atoms with Crippen molar-refractivity contribution in [1.82, 2.24) is 34.6 Å². The van der Waals surface area contributed by atoms with Crippen molar-refractivity contribution in [1.29, 1.82) is 0 Å². The lowest BCUT2D eigenvalue weighted by Gasteiger charge is -2.16. The minimum absolute atomic E-state index is 0. The number of nitrogens with zero attached hydrogens (tertiary/aromatic N) is 6. The number of imidazole rings is 1. The van der Waals surface area contributed by atoms with E-state index in [2.05, 4.69) is 25.4 Å². The number of carbonyl (C=O) groups is 1. The quantitative estimate of drug-likeness (QED) is 0.289. The Morgan fingerprint density at radius 3 is 2.76 bits per heavy atom. The minimum Gasteiger partial charge on any atom is -0.394 e. The number of nitrogen functional groups attached to an aromatic ring is 1. The number of fused-ring (bicyclic) bond motifs is 1. The van der Waals surface area contributed by atoms with Crippen molar-refractivity contribution < 1.29 is 24.9 Å². The van der Waals surface area contributed by atoms with E-state index in [1.54, 1.807) is 0 Å². The van der Waals surface area contributed by atoms with Crippen LogP contribution in [0.4, 0.5) is 5.82 Å². The molecule has 3 aromatic rings. The van der Waals surface area contributed by atoms with E-state index >= 15 is 0 Å². The second kappa shape index (κ2) is 8.00. The second-order valence-corrected chi connectivity index (χ2v) is 6.21. The third-order valence-electron chi connectivity index (χ3n) is 4.50. The van der Waals surface area contributed by atoms with Crippen molar-refractivity contribution in [3.8, 4) is 5.95 Å². The van der Waals surface area contributed by atoms with Gasteiger partial charge >= 0.3 is 0 Å². The molecule has 0 unspecified atom stereocenters. The van der Waals surface area contributed by atoms with Crippen molar-refractivity contribution in [2.45, 2.75) is 24.5 Å². The van der Waals surface area contributed by atoms with Gasteiger partial charge in [0.2, 0.25) is 0 Å². The fraction of sp³-hybridized carbons (Fsp3) is 0.400. The van der Waals surface area contributed by atoms with Gasteiger partial charge in [0.15, 0.2) is 17.7 Å². The Bertz CT molecular complexity index is 1040. The molecule has 0 saturated carbocycles. The zero-order valence-corrected chi connectivity index (χ0v) is 16.8. The molecule has 29 heavy (non-hydrogen) atoms. The molecule has 6 N–H and O–H groups in total. The van der Waals surface area contributed by atoms with Crippen LogP contribution in [-0.4, -0.2) is 82.5 Å². The van der Waals surface area contributed by atoms with Gasteiger partial charge in [0, 0.05) is 13.2 Å². The van der Waals surface area contributed by atoms with Crippen LogP contribution in [0.2, 0.25) is 0 Å². The van der Waals surface area contributed by atoms with Gasteiger partial charge in [0.05, 0.1) is 24.7 Å². The van der Waals surface area contributed by atoms with Gasteiger partial charge in [-0.1, -0.05) is 0 Å². The smallest absolute Gasteiger partial charge is 0.254 e. The SMILES string of the molecule is Br.CNC(=O)c1cnn(-c2nc(N)c3ncn([C@@H]4O[C@H](CO)[C@@H](O)[C@H]4O)c3n2)c1. The number of anilines is 1. The fourth-order valence-corrected chi connectivity index (χ4v) is 3.02. The zero-order valence-electron chi connectivity index (χ0n) is 15.1. The van der Waals surface area contributed by atoms with Gasteiger partial charge in [-0.25, -0.2) is 9.67 Å². The Morgan fingerprint density at radius 1 is 1.34 bits per heavy atom. The molecule has 0 spiro atoms. The molecule has 0 radical (unpaired) electrons. The normalized spacial score (nSPS) is 23.9. The van der Waals surface area contributed by atoms with Crippen molar-refractivity contribution >= 4 is 39.9 Å². The summed E-state index contributed by atoms with van der Waals surface area (Å²) >= 11 is 0. The predicted molar refractivity (Wildman–Crippen MR) is 104 cm³/mol. The molecule has 3 aromatic heterocycles. The molecule has 1 aliphatic heterocycles. The molecule has 1 saturated heterocycles. The summed E-state index contributed by atoms with van der Waals surface area (Å²) in [4.78, 5) is 24.4. The summed E-state index contributed by atoms with van der Waals surface area (Å²) in [7, 11) is 1.50. The largest absolute Gasteiger partial charge is 0.394 e. The zero-order chi connectivity index (χ0) is 20.0. The molecule has 156 valence electrons. The van der Waals surface area contributed by atoms with Gasteiger partial charge < -0.3 is 31.1 Å². The molecule has 4 atom stereocenters. The molecule has 13 nitrogen and oxygen atoms in total. The Labute approximate surface area is 173 Å². The number of hydrogen-bond donors (Lipinski definition) is 5. The summed E-state index contributed by atoms with van der Waals surface area (Å²) in [6.07, 6.45) is -0.418. The number of rotatable bonds is 4. The maximum Gasteiger partial charge on any atom is 0.254 e. The average Bonchev–Trinajstić information content (AvgIpc) is 3.40. The van der Waals surface area contributed by atoms with Crippen LogP contribution in [0, 0.1) is 0 Å². The first-order valence-electron chi connectivity index (χ1n) is 8.34. The van der Waals surface area contributed by atoms with E-state index in [0.29, 0.717) is 5.56 Å².